The molecule has 13 heavy (non-hydrogen) atoms. The van der Waals surface area contributed by atoms with E-state index in [1.165, 1.54) is 5.56 Å². The van der Waals surface area contributed by atoms with Gasteiger partial charge in [-0.2, -0.15) is 0 Å². The summed E-state index contributed by atoms with van der Waals surface area (Å²) in [6.07, 6.45) is 8.10. The fourth-order valence-corrected chi connectivity index (χ4v) is 1.30. The lowest BCUT2D eigenvalue weighted by atomic mass is 10.1. The second kappa shape index (κ2) is 3.52. The van der Waals surface area contributed by atoms with Gasteiger partial charge in [-0.05, 0) is 31.4 Å². The van der Waals surface area contributed by atoms with Crippen LogP contribution in [0.3, 0.4) is 0 Å². The van der Waals surface area contributed by atoms with Gasteiger partial charge in [0.15, 0.2) is 0 Å². The fourth-order valence-electron chi connectivity index (χ4n) is 1.30. The molecule has 2 nitrogen and oxygen atoms in total. The number of pyridine rings is 1. The predicted octanol–water partition coefficient (Wildman–Crippen LogP) is 2.60. The molecule has 1 aromatic heterocycles. The molecule has 0 spiro atoms. The average molecular weight is 172 g/mol. The van der Waals surface area contributed by atoms with Gasteiger partial charge < -0.3 is 0 Å². The Labute approximate surface area is 78.0 Å². The Hall–Kier alpha value is -1.44. The van der Waals surface area contributed by atoms with E-state index in [1.54, 1.807) is 0 Å². The predicted molar refractivity (Wildman–Crippen MR) is 54.7 cm³/mol. The molecular formula is C11H12N2. The molecule has 0 unspecified atom stereocenters. The first-order valence-corrected chi connectivity index (χ1v) is 4.52. The first-order chi connectivity index (χ1) is 6.36. The summed E-state index contributed by atoms with van der Waals surface area (Å²) in [4.78, 5) is 8.62. The van der Waals surface area contributed by atoms with Crippen molar-refractivity contribution in [1.82, 2.24) is 4.98 Å². The van der Waals surface area contributed by atoms with Crippen molar-refractivity contribution >= 4 is 11.9 Å². The Morgan fingerprint density at radius 1 is 1.23 bits per heavy atom. The van der Waals surface area contributed by atoms with E-state index < -0.39 is 0 Å². The Balaban J connectivity index is 2.30. The molecule has 0 aromatic carbocycles. The second-order valence-corrected chi connectivity index (χ2v) is 3.20. The van der Waals surface area contributed by atoms with Crippen LogP contribution in [0.15, 0.2) is 29.4 Å². The molecule has 0 atom stereocenters. The van der Waals surface area contributed by atoms with Crippen LogP contribution in [0, 0.1) is 6.92 Å². The van der Waals surface area contributed by atoms with Gasteiger partial charge in [0.05, 0.1) is 11.4 Å². The summed E-state index contributed by atoms with van der Waals surface area (Å²) in [6.45, 7) is 2.04. The molecule has 2 heterocycles. The van der Waals surface area contributed by atoms with Crippen molar-refractivity contribution in [3.05, 3.63) is 35.7 Å². The van der Waals surface area contributed by atoms with Gasteiger partial charge >= 0.3 is 0 Å². The van der Waals surface area contributed by atoms with Crippen molar-refractivity contribution in [2.24, 2.45) is 4.99 Å². The van der Waals surface area contributed by atoms with E-state index in [0.29, 0.717) is 0 Å². The lowest BCUT2D eigenvalue weighted by Crippen LogP contribution is -1.92. The van der Waals surface area contributed by atoms with Gasteiger partial charge in [0.2, 0.25) is 0 Å². The molecule has 0 N–H and O–H groups in total. The third-order valence-electron chi connectivity index (χ3n) is 2.04. The van der Waals surface area contributed by atoms with Gasteiger partial charge in [-0.1, -0.05) is 12.1 Å². The summed E-state index contributed by atoms with van der Waals surface area (Å²) in [5.41, 5.74) is 3.16. The normalized spacial score (nSPS) is 15.6. The van der Waals surface area contributed by atoms with Crippen LogP contribution in [0.1, 0.15) is 24.1 Å². The van der Waals surface area contributed by atoms with E-state index in [1.807, 2.05) is 25.4 Å². The molecule has 0 aliphatic carbocycles. The molecule has 0 radical (unpaired) electrons. The Bertz CT molecular complexity index is 347. The quantitative estimate of drug-likeness (QED) is 0.639. The summed E-state index contributed by atoms with van der Waals surface area (Å²) >= 11 is 0. The number of hydrogen-bond donors (Lipinski definition) is 0. The zero-order chi connectivity index (χ0) is 9.10. The van der Waals surface area contributed by atoms with Crippen LogP contribution in [0.2, 0.25) is 0 Å². The summed E-state index contributed by atoms with van der Waals surface area (Å²) in [5, 5.41) is 0. The van der Waals surface area contributed by atoms with E-state index in [4.69, 9.17) is 0 Å². The molecule has 0 bridgehead atoms. The van der Waals surface area contributed by atoms with Crippen molar-refractivity contribution in [2.45, 2.75) is 19.8 Å². The SMILES string of the molecule is Cc1ccc(C2=CCCC=N2)nc1. The highest BCUT2D eigenvalue weighted by Crippen LogP contribution is 2.17. The number of aliphatic imine (C=N–C) groups is 1. The summed E-state index contributed by atoms with van der Waals surface area (Å²) < 4.78 is 0. The highest BCUT2D eigenvalue weighted by molar-refractivity contribution is 5.74. The number of allylic oxidation sites excluding steroid dienone is 1. The van der Waals surface area contributed by atoms with Crippen LogP contribution in [0.4, 0.5) is 0 Å². The zero-order valence-electron chi connectivity index (χ0n) is 7.70. The van der Waals surface area contributed by atoms with E-state index >= 15 is 0 Å². The highest BCUT2D eigenvalue weighted by Gasteiger charge is 2.02. The molecule has 1 aliphatic heterocycles. The largest absolute Gasteiger partial charge is 0.259 e. The monoisotopic (exact) mass is 172 g/mol. The molecule has 1 aromatic rings. The minimum Gasteiger partial charge on any atom is -0.259 e. The summed E-state index contributed by atoms with van der Waals surface area (Å²) in [7, 11) is 0. The highest BCUT2D eigenvalue weighted by atomic mass is 14.8. The summed E-state index contributed by atoms with van der Waals surface area (Å²) in [5.74, 6) is 0. The Morgan fingerprint density at radius 3 is 2.77 bits per heavy atom. The van der Waals surface area contributed by atoms with Gasteiger partial charge in [-0.3, -0.25) is 9.98 Å². The smallest absolute Gasteiger partial charge is 0.0882 e. The van der Waals surface area contributed by atoms with Crippen molar-refractivity contribution < 1.29 is 0 Å². The molecule has 0 fully saturated rings. The fraction of sp³-hybridized carbons (Fsp3) is 0.273. The Morgan fingerprint density at radius 2 is 2.15 bits per heavy atom. The van der Waals surface area contributed by atoms with Gasteiger partial charge in [0.1, 0.15) is 0 Å². The number of rotatable bonds is 1. The van der Waals surface area contributed by atoms with Crippen molar-refractivity contribution in [1.29, 1.82) is 0 Å². The van der Waals surface area contributed by atoms with Gasteiger partial charge in [-0.15, -0.1) is 0 Å². The van der Waals surface area contributed by atoms with Crippen LogP contribution in [-0.4, -0.2) is 11.2 Å². The molecule has 66 valence electrons. The number of aryl methyl sites for hydroxylation is 1. The maximum atomic E-state index is 4.32. The van der Waals surface area contributed by atoms with Crippen LogP contribution in [0.25, 0.3) is 5.70 Å². The van der Waals surface area contributed by atoms with Crippen molar-refractivity contribution in [2.75, 3.05) is 0 Å². The minimum absolute atomic E-state index is 0.974. The molecule has 0 amide bonds. The van der Waals surface area contributed by atoms with Gasteiger partial charge in [0, 0.05) is 12.4 Å². The molecule has 0 saturated carbocycles. The van der Waals surface area contributed by atoms with E-state index in [-0.39, 0.29) is 0 Å². The lowest BCUT2D eigenvalue weighted by Gasteiger charge is -2.05. The molecule has 0 saturated heterocycles. The maximum Gasteiger partial charge on any atom is 0.0882 e. The van der Waals surface area contributed by atoms with E-state index in [0.717, 1.165) is 24.2 Å². The maximum absolute atomic E-state index is 4.32. The molecule has 2 rings (SSSR count). The lowest BCUT2D eigenvalue weighted by molar-refractivity contribution is 1.08. The minimum atomic E-state index is 0.974. The number of aromatic nitrogens is 1. The molecule has 2 heteroatoms. The Kier molecular flexibility index (Phi) is 2.21. The first-order valence-electron chi connectivity index (χ1n) is 4.52. The zero-order valence-corrected chi connectivity index (χ0v) is 7.70. The van der Waals surface area contributed by atoms with E-state index in [9.17, 15) is 0 Å². The van der Waals surface area contributed by atoms with Crippen molar-refractivity contribution in [3.8, 4) is 0 Å². The van der Waals surface area contributed by atoms with Gasteiger partial charge in [0.25, 0.3) is 0 Å². The van der Waals surface area contributed by atoms with Crippen LogP contribution < -0.4 is 0 Å². The number of nitrogens with zero attached hydrogens (tertiary/aromatic N) is 2. The standard InChI is InChI=1S/C11H12N2/c1-9-5-6-11(13-8-9)10-4-2-3-7-12-10/h4-8H,2-3H2,1H3. The second-order valence-electron chi connectivity index (χ2n) is 3.20. The average Bonchev–Trinajstić information content (AvgIpc) is 2.20. The van der Waals surface area contributed by atoms with Crippen LogP contribution in [-0.2, 0) is 0 Å². The van der Waals surface area contributed by atoms with Crippen LogP contribution >= 0.6 is 0 Å². The van der Waals surface area contributed by atoms with Crippen molar-refractivity contribution in [3.63, 3.8) is 0 Å². The number of hydrogen-bond acceptors (Lipinski definition) is 2. The van der Waals surface area contributed by atoms with Gasteiger partial charge in [-0.25, -0.2) is 0 Å². The third-order valence-corrected chi connectivity index (χ3v) is 2.04. The van der Waals surface area contributed by atoms with Crippen LogP contribution in [0.5, 0.6) is 0 Å². The molecular weight excluding hydrogens is 160 g/mol. The summed E-state index contributed by atoms with van der Waals surface area (Å²) in [6, 6.07) is 4.08. The topological polar surface area (TPSA) is 25.2 Å². The molecule has 1 aliphatic rings. The first kappa shape index (κ1) is 8.17. The van der Waals surface area contributed by atoms with E-state index in [2.05, 4.69) is 22.1 Å². The third kappa shape index (κ3) is 1.83.